The lowest BCUT2D eigenvalue weighted by Gasteiger charge is -2.36. The Kier molecular flexibility index (Phi) is 6.67. The summed E-state index contributed by atoms with van der Waals surface area (Å²) in [5.41, 5.74) is 0.178. The largest absolute Gasteiger partial charge is 0.355 e. The summed E-state index contributed by atoms with van der Waals surface area (Å²) in [7, 11) is 0. The molecular weight excluding hydrogens is 270 g/mol. The first-order valence-electron chi connectivity index (χ1n) is 8.59. The van der Waals surface area contributed by atoms with E-state index in [4.69, 9.17) is 11.6 Å². The van der Waals surface area contributed by atoms with Crippen molar-refractivity contribution in [2.45, 2.75) is 77.0 Å². The molecule has 2 rings (SSSR count). The molecule has 1 N–H and O–H groups in total. The van der Waals surface area contributed by atoms with Crippen LogP contribution in [0.4, 0.5) is 0 Å². The molecule has 0 aromatic carbocycles. The van der Waals surface area contributed by atoms with Gasteiger partial charge < -0.3 is 5.32 Å². The molecule has 0 spiro atoms. The summed E-state index contributed by atoms with van der Waals surface area (Å²) < 4.78 is 0. The van der Waals surface area contributed by atoms with Crippen LogP contribution in [-0.2, 0) is 4.79 Å². The SMILES string of the molecule is O=C(NCC1(CCl)CCCCC1)C1CCCCCCC1. The average molecular weight is 300 g/mol. The highest BCUT2D eigenvalue weighted by Gasteiger charge is 2.32. The van der Waals surface area contributed by atoms with E-state index in [1.807, 2.05) is 0 Å². The summed E-state index contributed by atoms with van der Waals surface area (Å²) >= 11 is 6.20. The van der Waals surface area contributed by atoms with Crippen LogP contribution in [0, 0.1) is 11.3 Å². The summed E-state index contributed by atoms with van der Waals surface area (Å²) in [6.07, 6.45) is 14.8. The summed E-state index contributed by atoms with van der Waals surface area (Å²) in [6, 6.07) is 0. The lowest BCUT2D eigenvalue weighted by atomic mass is 9.75. The highest BCUT2D eigenvalue weighted by atomic mass is 35.5. The number of amides is 1. The van der Waals surface area contributed by atoms with Crippen molar-refractivity contribution in [3.63, 3.8) is 0 Å². The quantitative estimate of drug-likeness (QED) is 0.752. The molecule has 20 heavy (non-hydrogen) atoms. The topological polar surface area (TPSA) is 29.1 Å². The standard InChI is InChI=1S/C17H30ClNO/c18-13-17(11-7-4-8-12-17)14-19-16(20)15-9-5-2-1-3-6-10-15/h15H,1-14H2,(H,19,20). The number of alkyl halides is 1. The molecule has 2 saturated carbocycles. The Labute approximate surface area is 129 Å². The summed E-state index contributed by atoms with van der Waals surface area (Å²) in [4.78, 5) is 12.4. The fourth-order valence-corrected chi connectivity index (χ4v) is 4.16. The van der Waals surface area contributed by atoms with Crippen molar-refractivity contribution >= 4 is 17.5 Å². The minimum absolute atomic E-state index is 0.178. The Bertz CT molecular complexity index is 291. The van der Waals surface area contributed by atoms with Crippen LogP contribution in [0.3, 0.4) is 0 Å². The van der Waals surface area contributed by atoms with Gasteiger partial charge in [0.2, 0.25) is 5.91 Å². The van der Waals surface area contributed by atoms with Gasteiger partial charge in [0.1, 0.15) is 0 Å². The van der Waals surface area contributed by atoms with E-state index in [0.29, 0.717) is 11.8 Å². The van der Waals surface area contributed by atoms with Gasteiger partial charge in [-0.1, -0.05) is 51.4 Å². The van der Waals surface area contributed by atoms with Crippen molar-refractivity contribution in [2.24, 2.45) is 11.3 Å². The summed E-state index contributed by atoms with van der Waals surface area (Å²) in [6.45, 7) is 0.797. The number of halogens is 1. The number of hydrogen-bond acceptors (Lipinski definition) is 1. The average Bonchev–Trinajstić information content (AvgIpc) is 2.45. The Balaban J connectivity index is 1.80. The van der Waals surface area contributed by atoms with E-state index in [0.717, 1.165) is 19.4 Å². The molecule has 0 heterocycles. The molecule has 0 aliphatic heterocycles. The molecule has 0 bridgehead atoms. The van der Waals surface area contributed by atoms with E-state index in [9.17, 15) is 4.79 Å². The zero-order valence-electron chi connectivity index (χ0n) is 12.8. The first kappa shape index (κ1) is 16.1. The van der Waals surface area contributed by atoms with Crippen molar-refractivity contribution < 1.29 is 4.79 Å². The van der Waals surface area contributed by atoms with Crippen molar-refractivity contribution in [1.29, 1.82) is 0 Å². The molecule has 2 aliphatic rings. The third kappa shape index (κ3) is 4.65. The van der Waals surface area contributed by atoms with Crippen molar-refractivity contribution in [3.05, 3.63) is 0 Å². The third-order valence-corrected chi connectivity index (χ3v) is 5.88. The number of rotatable bonds is 4. The Morgan fingerprint density at radius 3 is 2.10 bits per heavy atom. The Hall–Kier alpha value is -0.240. The predicted octanol–water partition coefficient (Wildman–Crippen LogP) is 4.65. The minimum Gasteiger partial charge on any atom is -0.355 e. The van der Waals surface area contributed by atoms with Gasteiger partial charge in [0, 0.05) is 23.8 Å². The first-order chi connectivity index (χ1) is 9.76. The minimum atomic E-state index is 0.178. The molecule has 0 radical (unpaired) electrons. The second-order valence-electron chi connectivity index (χ2n) is 6.95. The van der Waals surface area contributed by atoms with Gasteiger partial charge in [-0.3, -0.25) is 4.79 Å². The fraction of sp³-hybridized carbons (Fsp3) is 0.941. The molecule has 2 fully saturated rings. The maximum Gasteiger partial charge on any atom is 0.223 e. The second-order valence-corrected chi connectivity index (χ2v) is 7.22. The maximum absolute atomic E-state index is 12.4. The number of carbonyl (C=O) groups excluding carboxylic acids is 1. The zero-order valence-corrected chi connectivity index (χ0v) is 13.5. The number of nitrogens with one attached hydrogen (secondary N) is 1. The molecule has 0 unspecified atom stereocenters. The molecule has 0 aromatic rings. The van der Waals surface area contributed by atoms with Crippen molar-refractivity contribution in [1.82, 2.24) is 5.32 Å². The normalized spacial score (nSPS) is 24.6. The highest BCUT2D eigenvalue weighted by molar-refractivity contribution is 6.18. The first-order valence-corrected chi connectivity index (χ1v) is 9.13. The van der Waals surface area contributed by atoms with Crippen LogP contribution in [0.2, 0.25) is 0 Å². The molecule has 116 valence electrons. The molecule has 0 saturated heterocycles. The van der Waals surface area contributed by atoms with Crippen LogP contribution in [0.1, 0.15) is 77.0 Å². The van der Waals surface area contributed by atoms with E-state index in [1.54, 1.807) is 0 Å². The maximum atomic E-state index is 12.4. The molecule has 1 amide bonds. The number of hydrogen-bond donors (Lipinski definition) is 1. The van der Waals surface area contributed by atoms with Gasteiger partial charge in [-0.15, -0.1) is 11.6 Å². The predicted molar refractivity (Wildman–Crippen MR) is 85.1 cm³/mol. The van der Waals surface area contributed by atoms with Gasteiger partial charge in [-0.05, 0) is 25.7 Å². The van der Waals surface area contributed by atoms with Gasteiger partial charge in [0.25, 0.3) is 0 Å². The lowest BCUT2D eigenvalue weighted by Crippen LogP contribution is -2.42. The van der Waals surface area contributed by atoms with Gasteiger partial charge in [0.15, 0.2) is 0 Å². The third-order valence-electron chi connectivity index (χ3n) is 5.31. The van der Waals surface area contributed by atoms with E-state index in [2.05, 4.69) is 5.32 Å². The number of carbonyl (C=O) groups is 1. The van der Waals surface area contributed by atoms with E-state index < -0.39 is 0 Å². The van der Waals surface area contributed by atoms with E-state index in [-0.39, 0.29) is 11.3 Å². The van der Waals surface area contributed by atoms with E-state index in [1.165, 1.54) is 64.2 Å². The molecule has 2 aliphatic carbocycles. The summed E-state index contributed by atoms with van der Waals surface area (Å²) in [5.74, 6) is 1.24. The van der Waals surface area contributed by atoms with Gasteiger partial charge >= 0.3 is 0 Å². The molecule has 3 heteroatoms. The molecule has 2 nitrogen and oxygen atoms in total. The van der Waals surface area contributed by atoms with Gasteiger partial charge in [-0.25, -0.2) is 0 Å². The van der Waals surface area contributed by atoms with Gasteiger partial charge in [0.05, 0.1) is 0 Å². The van der Waals surface area contributed by atoms with Crippen LogP contribution in [-0.4, -0.2) is 18.3 Å². The smallest absolute Gasteiger partial charge is 0.223 e. The van der Waals surface area contributed by atoms with Gasteiger partial charge in [-0.2, -0.15) is 0 Å². The van der Waals surface area contributed by atoms with Crippen LogP contribution >= 0.6 is 11.6 Å². The molecular formula is C17H30ClNO. The van der Waals surface area contributed by atoms with Crippen LogP contribution in [0.25, 0.3) is 0 Å². The summed E-state index contributed by atoms with van der Waals surface area (Å²) in [5, 5.41) is 3.24. The zero-order chi connectivity index (χ0) is 14.3. The Morgan fingerprint density at radius 2 is 1.50 bits per heavy atom. The molecule has 0 atom stereocenters. The van der Waals surface area contributed by atoms with Crippen molar-refractivity contribution in [2.75, 3.05) is 12.4 Å². The highest BCUT2D eigenvalue weighted by Crippen LogP contribution is 2.37. The van der Waals surface area contributed by atoms with E-state index >= 15 is 0 Å². The Morgan fingerprint density at radius 1 is 0.950 bits per heavy atom. The molecule has 0 aromatic heterocycles. The second kappa shape index (κ2) is 8.26. The van der Waals surface area contributed by atoms with Crippen LogP contribution in [0.15, 0.2) is 0 Å². The van der Waals surface area contributed by atoms with Crippen molar-refractivity contribution in [3.8, 4) is 0 Å². The fourth-order valence-electron chi connectivity index (χ4n) is 3.80. The monoisotopic (exact) mass is 299 g/mol. The lowest BCUT2D eigenvalue weighted by molar-refractivity contribution is -0.126. The van der Waals surface area contributed by atoms with Crippen LogP contribution in [0.5, 0.6) is 0 Å². The van der Waals surface area contributed by atoms with Crippen LogP contribution < -0.4 is 5.32 Å².